The van der Waals surface area contributed by atoms with Crippen molar-refractivity contribution in [1.29, 1.82) is 0 Å². The summed E-state index contributed by atoms with van der Waals surface area (Å²) in [4.78, 5) is 16.8. The number of nitrogens with one attached hydrogen (secondary N) is 2. The number of oxazole rings is 1. The second kappa shape index (κ2) is 8.37. The highest BCUT2D eigenvalue weighted by Gasteiger charge is 2.17. The van der Waals surface area contributed by atoms with Gasteiger partial charge in [0.05, 0.1) is 17.6 Å². The molecule has 2 aromatic carbocycles. The molecule has 0 aliphatic heterocycles. The number of aromatic nitrogens is 1. The van der Waals surface area contributed by atoms with Crippen molar-refractivity contribution in [2.24, 2.45) is 0 Å². The Morgan fingerprint density at radius 2 is 1.89 bits per heavy atom. The Labute approximate surface area is 163 Å². The van der Waals surface area contributed by atoms with E-state index in [1.807, 2.05) is 30.3 Å². The van der Waals surface area contributed by atoms with E-state index in [0.717, 1.165) is 5.56 Å². The molecular weight excluding hydrogens is 378 g/mol. The van der Waals surface area contributed by atoms with Gasteiger partial charge in [-0.3, -0.25) is 4.79 Å². The lowest BCUT2D eigenvalue weighted by molar-refractivity contribution is 0.0946. The molecule has 0 fully saturated rings. The highest BCUT2D eigenvalue weighted by Crippen LogP contribution is 2.20. The Bertz CT molecular complexity index is 1080. The van der Waals surface area contributed by atoms with Crippen LogP contribution < -0.4 is 10.0 Å². The van der Waals surface area contributed by atoms with Crippen molar-refractivity contribution in [1.82, 2.24) is 15.0 Å². The lowest BCUT2D eigenvalue weighted by Crippen LogP contribution is -2.26. The summed E-state index contributed by atoms with van der Waals surface area (Å²) in [5, 5.41) is 2.72. The van der Waals surface area contributed by atoms with E-state index in [4.69, 9.17) is 4.42 Å². The van der Waals surface area contributed by atoms with Crippen molar-refractivity contribution < 1.29 is 17.6 Å². The van der Waals surface area contributed by atoms with Gasteiger partial charge in [0.1, 0.15) is 0 Å². The monoisotopic (exact) mass is 399 g/mol. The van der Waals surface area contributed by atoms with Gasteiger partial charge >= 0.3 is 0 Å². The first-order valence-electron chi connectivity index (χ1n) is 8.79. The molecule has 0 radical (unpaired) electrons. The van der Waals surface area contributed by atoms with Crippen LogP contribution in [-0.4, -0.2) is 25.9 Å². The molecule has 0 unspecified atom stereocenters. The fraction of sp³-hybridized carbons (Fsp3) is 0.200. The van der Waals surface area contributed by atoms with E-state index in [0.29, 0.717) is 17.2 Å². The number of hydrogen-bond donors (Lipinski definition) is 2. The minimum absolute atomic E-state index is 0.0487. The number of aryl methyl sites for hydroxylation is 1. The predicted molar refractivity (Wildman–Crippen MR) is 105 cm³/mol. The molecule has 28 heavy (non-hydrogen) atoms. The third-order valence-electron chi connectivity index (χ3n) is 4.11. The van der Waals surface area contributed by atoms with Gasteiger partial charge < -0.3 is 9.73 Å². The number of sulfonamides is 1. The lowest BCUT2D eigenvalue weighted by atomic mass is 10.1. The van der Waals surface area contributed by atoms with Crippen molar-refractivity contribution in [2.45, 2.75) is 25.3 Å². The Kier molecular flexibility index (Phi) is 5.91. The van der Waals surface area contributed by atoms with Crippen LogP contribution in [-0.2, 0) is 16.6 Å². The van der Waals surface area contributed by atoms with Crippen LogP contribution in [0.5, 0.6) is 0 Å². The number of rotatable bonds is 7. The Morgan fingerprint density at radius 3 is 2.61 bits per heavy atom. The number of benzene rings is 2. The van der Waals surface area contributed by atoms with Gasteiger partial charge in [-0.2, -0.15) is 0 Å². The second-order valence-electron chi connectivity index (χ2n) is 6.15. The summed E-state index contributed by atoms with van der Waals surface area (Å²) in [6.07, 6.45) is 1.60. The van der Waals surface area contributed by atoms with Crippen LogP contribution in [0.4, 0.5) is 0 Å². The fourth-order valence-electron chi connectivity index (χ4n) is 2.67. The zero-order valence-corrected chi connectivity index (χ0v) is 16.4. The number of nitrogens with zero attached hydrogens (tertiary/aromatic N) is 1. The topological polar surface area (TPSA) is 101 Å². The molecule has 0 atom stereocenters. The summed E-state index contributed by atoms with van der Waals surface area (Å²) in [7, 11) is -3.64. The fourth-order valence-corrected chi connectivity index (χ4v) is 3.73. The molecule has 0 saturated heterocycles. The number of amides is 1. The maximum Gasteiger partial charge on any atom is 0.252 e. The molecule has 1 aromatic heterocycles. The van der Waals surface area contributed by atoms with Gasteiger partial charge in [0.2, 0.25) is 15.9 Å². The number of hydrogen-bond acceptors (Lipinski definition) is 5. The Hall–Kier alpha value is -2.97. The van der Waals surface area contributed by atoms with Crippen LogP contribution in [0.15, 0.2) is 64.0 Å². The first kappa shape index (κ1) is 19.8. The first-order chi connectivity index (χ1) is 13.4. The summed E-state index contributed by atoms with van der Waals surface area (Å²) in [5.74, 6) is 0.576. The summed E-state index contributed by atoms with van der Waals surface area (Å²) < 4.78 is 32.4. The molecule has 2 N–H and O–H groups in total. The molecule has 0 aliphatic rings. The second-order valence-corrected chi connectivity index (χ2v) is 7.91. The average Bonchev–Trinajstić information content (AvgIpc) is 3.16. The van der Waals surface area contributed by atoms with Crippen LogP contribution in [0, 0.1) is 6.92 Å². The average molecular weight is 399 g/mol. The molecule has 7 nitrogen and oxygen atoms in total. The van der Waals surface area contributed by atoms with Gasteiger partial charge in [-0.25, -0.2) is 18.1 Å². The Balaban J connectivity index is 1.73. The van der Waals surface area contributed by atoms with E-state index in [9.17, 15) is 13.2 Å². The molecule has 1 heterocycles. The zero-order valence-electron chi connectivity index (χ0n) is 15.6. The van der Waals surface area contributed by atoms with Crippen molar-refractivity contribution in [3.05, 3.63) is 71.7 Å². The smallest absolute Gasteiger partial charge is 0.252 e. The van der Waals surface area contributed by atoms with Gasteiger partial charge in [0.15, 0.2) is 5.76 Å². The minimum Gasteiger partial charge on any atom is -0.439 e. The van der Waals surface area contributed by atoms with Crippen molar-refractivity contribution in [3.8, 4) is 11.3 Å². The van der Waals surface area contributed by atoms with Gasteiger partial charge in [-0.1, -0.05) is 43.3 Å². The molecule has 8 heteroatoms. The standard InChI is InChI=1S/C20H21N3O4S/c1-3-23-28(25,26)16-10-9-14(2)17(11-16)20(24)22-13-19-21-12-18(27-19)15-7-5-4-6-8-15/h4-12,23H,3,13H2,1-2H3,(H,22,24). The molecule has 3 aromatic rings. The SMILES string of the molecule is CCNS(=O)(=O)c1ccc(C)c(C(=O)NCc2ncc(-c3ccccc3)o2)c1. The molecule has 1 amide bonds. The molecule has 0 spiro atoms. The summed E-state index contributed by atoms with van der Waals surface area (Å²) in [6, 6.07) is 14.0. The van der Waals surface area contributed by atoms with Crippen molar-refractivity contribution in [2.75, 3.05) is 6.54 Å². The van der Waals surface area contributed by atoms with Crippen LogP contribution in [0.25, 0.3) is 11.3 Å². The summed E-state index contributed by atoms with van der Waals surface area (Å²) in [6.45, 7) is 3.80. The Morgan fingerprint density at radius 1 is 1.14 bits per heavy atom. The van der Waals surface area contributed by atoms with E-state index in [2.05, 4.69) is 15.0 Å². The van der Waals surface area contributed by atoms with E-state index in [1.165, 1.54) is 12.1 Å². The van der Waals surface area contributed by atoms with Crippen LogP contribution in [0.2, 0.25) is 0 Å². The molecule has 0 saturated carbocycles. The van der Waals surface area contributed by atoms with E-state index in [-0.39, 0.29) is 23.5 Å². The molecule has 0 aliphatic carbocycles. The predicted octanol–water partition coefficient (Wildman–Crippen LogP) is 2.88. The maximum absolute atomic E-state index is 12.6. The summed E-state index contributed by atoms with van der Waals surface area (Å²) >= 11 is 0. The normalized spacial score (nSPS) is 11.4. The van der Waals surface area contributed by atoms with Crippen LogP contribution >= 0.6 is 0 Å². The van der Waals surface area contributed by atoms with E-state index in [1.54, 1.807) is 26.1 Å². The lowest BCUT2D eigenvalue weighted by Gasteiger charge is -2.10. The summed E-state index contributed by atoms with van der Waals surface area (Å²) in [5.41, 5.74) is 1.85. The molecule has 3 rings (SSSR count). The van der Waals surface area contributed by atoms with Gasteiger partial charge in [0, 0.05) is 17.7 Å². The first-order valence-corrected chi connectivity index (χ1v) is 10.3. The van der Waals surface area contributed by atoms with Crippen LogP contribution in [0.3, 0.4) is 0 Å². The highest BCUT2D eigenvalue weighted by molar-refractivity contribution is 7.89. The zero-order chi connectivity index (χ0) is 20.1. The van der Waals surface area contributed by atoms with E-state index >= 15 is 0 Å². The van der Waals surface area contributed by atoms with E-state index < -0.39 is 15.9 Å². The molecule has 0 bridgehead atoms. The third-order valence-corrected chi connectivity index (χ3v) is 5.65. The van der Waals surface area contributed by atoms with Crippen molar-refractivity contribution in [3.63, 3.8) is 0 Å². The highest BCUT2D eigenvalue weighted by atomic mass is 32.2. The van der Waals surface area contributed by atoms with Gasteiger partial charge in [-0.05, 0) is 24.6 Å². The minimum atomic E-state index is -3.64. The van der Waals surface area contributed by atoms with Gasteiger partial charge in [0.25, 0.3) is 5.91 Å². The number of carbonyl (C=O) groups excluding carboxylic acids is 1. The molecule has 146 valence electrons. The maximum atomic E-state index is 12.6. The van der Waals surface area contributed by atoms with Crippen molar-refractivity contribution >= 4 is 15.9 Å². The van der Waals surface area contributed by atoms with Crippen LogP contribution in [0.1, 0.15) is 28.7 Å². The quantitative estimate of drug-likeness (QED) is 0.636. The van der Waals surface area contributed by atoms with Gasteiger partial charge in [-0.15, -0.1) is 0 Å². The molecular formula is C20H21N3O4S. The number of carbonyl (C=O) groups is 1. The third kappa shape index (κ3) is 4.47. The largest absolute Gasteiger partial charge is 0.439 e.